The van der Waals surface area contributed by atoms with Gasteiger partial charge in [0.2, 0.25) is 10.0 Å². The number of aryl methyl sites for hydroxylation is 1. The Hall–Kier alpha value is -1.80. The van der Waals surface area contributed by atoms with E-state index < -0.39 is 10.0 Å². The van der Waals surface area contributed by atoms with Gasteiger partial charge >= 0.3 is 6.03 Å². The topological polar surface area (TPSA) is 73.0 Å². The molecule has 1 aromatic rings. The van der Waals surface area contributed by atoms with E-state index >= 15 is 0 Å². The Balaban J connectivity index is 1.46. The van der Waals surface area contributed by atoms with Crippen LogP contribution in [0.3, 0.4) is 0 Å². The molecule has 8 heteroatoms. The number of carbonyl (C=O) groups excluding carboxylic acids is 1. The molecule has 2 saturated heterocycles. The summed E-state index contributed by atoms with van der Waals surface area (Å²) in [5.41, 5.74) is 2.45. The summed E-state index contributed by atoms with van der Waals surface area (Å²) in [6.45, 7) is 6.08. The van der Waals surface area contributed by atoms with Crippen LogP contribution in [0.25, 0.3) is 0 Å². The zero-order valence-electron chi connectivity index (χ0n) is 15.5. The van der Waals surface area contributed by atoms with Crippen molar-refractivity contribution in [2.45, 2.75) is 25.8 Å². The van der Waals surface area contributed by atoms with Gasteiger partial charge < -0.3 is 15.1 Å². The SMILES string of the molecule is Cc1cccc(N2CCN(C(=O)NC3CCN(S(C)(=O)=O)CC3)CC2)c1. The minimum absolute atomic E-state index is 0.0355. The third-order valence-electron chi connectivity index (χ3n) is 5.18. The van der Waals surface area contributed by atoms with Gasteiger partial charge in [0.15, 0.2) is 0 Å². The van der Waals surface area contributed by atoms with E-state index in [1.165, 1.54) is 21.8 Å². The first-order valence-corrected chi connectivity index (χ1v) is 11.0. The highest BCUT2D eigenvalue weighted by molar-refractivity contribution is 7.88. The van der Waals surface area contributed by atoms with E-state index in [1.54, 1.807) is 0 Å². The molecule has 0 radical (unpaired) electrons. The average molecular weight is 381 g/mol. The van der Waals surface area contributed by atoms with Crippen LogP contribution in [0.4, 0.5) is 10.5 Å². The zero-order valence-corrected chi connectivity index (χ0v) is 16.3. The summed E-state index contributed by atoms with van der Waals surface area (Å²) < 4.78 is 24.6. The molecule has 1 aromatic carbocycles. The summed E-state index contributed by atoms with van der Waals surface area (Å²) in [5.74, 6) is 0. The molecule has 0 atom stereocenters. The summed E-state index contributed by atoms with van der Waals surface area (Å²) in [7, 11) is -3.13. The number of sulfonamides is 1. The van der Waals surface area contributed by atoms with Crippen molar-refractivity contribution in [3.05, 3.63) is 29.8 Å². The third-order valence-corrected chi connectivity index (χ3v) is 6.49. The number of nitrogens with zero attached hydrogens (tertiary/aromatic N) is 3. The second kappa shape index (κ2) is 7.84. The fourth-order valence-electron chi connectivity index (χ4n) is 3.59. The summed E-state index contributed by atoms with van der Waals surface area (Å²) >= 11 is 0. The number of piperidine rings is 1. The van der Waals surface area contributed by atoms with Crippen LogP contribution in [0, 0.1) is 6.92 Å². The van der Waals surface area contributed by atoms with Crippen LogP contribution < -0.4 is 10.2 Å². The van der Waals surface area contributed by atoms with Gasteiger partial charge in [-0.25, -0.2) is 17.5 Å². The highest BCUT2D eigenvalue weighted by Gasteiger charge is 2.28. The van der Waals surface area contributed by atoms with Crippen molar-refractivity contribution < 1.29 is 13.2 Å². The van der Waals surface area contributed by atoms with Gasteiger partial charge in [-0.2, -0.15) is 0 Å². The van der Waals surface area contributed by atoms with E-state index in [-0.39, 0.29) is 12.1 Å². The molecule has 2 amide bonds. The van der Waals surface area contributed by atoms with Crippen molar-refractivity contribution in [3.8, 4) is 0 Å². The number of anilines is 1. The van der Waals surface area contributed by atoms with E-state index in [4.69, 9.17) is 0 Å². The molecular formula is C18H28N4O3S. The van der Waals surface area contributed by atoms with Gasteiger partial charge in [-0.15, -0.1) is 0 Å². The van der Waals surface area contributed by atoms with Crippen LogP contribution in [0.15, 0.2) is 24.3 Å². The van der Waals surface area contributed by atoms with Gasteiger partial charge in [-0.3, -0.25) is 0 Å². The number of carbonyl (C=O) groups is 1. The molecule has 2 heterocycles. The lowest BCUT2D eigenvalue weighted by Crippen LogP contribution is -2.55. The number of piperazine rings is 1. The number of nitrogens with one attached hydrogen (secondary N) is 1. The Bertz CT molecular complexity index is 737. The van der Waals surface area contributed by atoms with E-state index in [9.17, 15) is 13.2 Å². The molecule has 2 aliphatic heterocycles. The van der Waals surface area contributed by atoms with Crippen LogP contribution in [0.1, 0.15) is 18.4 Å². The second-order valence-electron chi connectivity index (χ2n) is 7.20. The van der Waals surface area contributed by atoms with Gasteiger partial charge in [-0.05, 0) is 37.5 Å². The quantitative estimate of drug-likeness (QED) is 0.857. The lowest BCUT2D eigenvalue weighted by molar-refractivity contribution is 0.184. The molecule has 26 heavy (non-hydrogen) atoms. The Kier molecular flexibility index (Phi) is 5.72. The maximum Gasteiger partial charge on any atom is 0.317 e. The molecular weight excluding hydrogens is 352 g/mol. The number of benzene rings is 1. The van der Waals surface area contributed by atoms with Crippen molar-refractivity contribution >= 4 is 21.7 Å². The molecule has 0 aliphatic carbocycles. The van der Waals surface area contributed by atoms with E-state index in [2.05, 4.69) is 41.4 Å². The lowest BCUT2D eigenvalue weighted by Gasteiger charge is -2.37. The first-order chi connectivity index (χ1) is 12.3. The number of hydrogen-bond donors (Lipinski definition) is 1. The number of hydrogen-bond acceptors (Lipinski definition) is 4. The van der Waals surface area contributed by atoms with E-state index in [1.807, 2.05) is 4.90 Å². The fourth-order valence-corrected chi connectivity index (χ4v) is 4.46. The smallest absolute Gasteiger partial charge is 0.317 e. The van der Waals surface area contributed by atoms with Crippen molar-refractivity contribution in [1.82, 2.24) is 14.5 Å². The summed E-state index contributed by atoms with van der Waals surface area (Å²) in [4.78, 5) is 16.7. The first-order valence-electron chi connectivity index (χ1n) is 9.15. The predicted molar refractivity (Wildman–Crippen MR) is 103 cm³/mol. The predicted octanol–water partition coefficient (Wildman–Crippen LogP) is 1.25. The van der Waals surface area contributed by atoms with Gasteiger partial charge in [0.1, 0.15) is 0 Å². The number of urea groups is 1. The largest absolute Gasteiger partial charge is 0.368 e. The van der Waals surface area contributed by atoms with Gasteiger partial charge in [0.05, 0.1) is 6.26 Å². The van der Waals surface area contributed by atoms with Gasteiger partial charge in [-0.1, -0.05) is 12.1 Å². The summed E-state index contributed by atoms with van der Waals surface area (Å²) in [5, 5.41) is 3.07. The highest BCUT2D eigenvalue weighted by Crippen LogP contribution is 2.18. The molecule has 1 N–H and O–H groups in total. The van der Waals surface area contributed by atoms with Crippen molar-refractivity contribution in [2.75, 3.05) is 50.4 Å². The monoisotopic (exact) mass is 380 g/mol. The van der Waals surface area contributed by atoms with Crippen molar-refractivity contribution in [2.24, 2.45) is 0 Å². The molecule has 3 rings (SSSR count). The van der Waals surface area contributed by atoms with Crippen LogP contribution in [-0.2, 0) is 10.0 Å². The van der Waals surface area contributed by atoms with Crippen LogP contribution in [0.2, 0.25) is 0 Å². The highest BCUT2D eigenvalue weighted by atomic mass is 32.2. The second-order valence-corrected chi connectivity index (χ2v) is 9.18. The zero-order chi connectivity index (χ0) is 18.7. The Morgan fingerprint density at radius 3 is 2.31 bits per heavy atom. The minimum atomic E-state index is -3.13. The first kappa shape index (κ1) is 19.0. The van der Waals surface area contributed by atoms with E-state index in [0.717, 1.165) is 13.1 Å². The number of amides is 2. The van der Waals surface area contributed by atoms with Crippen molar-refractivity contribution in [3.63, 3.8) is 0 Å². The number of rotatable bonds is 3. The Labute approximate surface area is 156 Å². The normalized spacial score (nSPS) is 20.2. The maximum atomic E-state index is 12.5. The lowest BCUT2D eigenvalue weighted by atomic mass is 10.1. The third kappa shape index (κ3) is 4.67. The standard InChI is InChI=1S/C18H28N4O3S/c1-15-4-3-5-17(14-15)20-10-12-21(13-11-20)18(23)19-16-6-8-22(9-7-16)26(2,24)25/h3-5,14,16H,6-13H2,1-2H3,(H,19,23). The molecule has 2 aliphatic rings. The molecule has 144 valence electrons. The molecule has 0 unspecified atom stereocenters. The fraction of sp³-hybridized carbons (Fsp3) is 0.611. The van der Waals surface area contributed by atoms with Crippen LogP contribution in [-0.4, -0.2) is 75.2 Å². The van der Waals surface area contributed by atoms with Crippen LogP contribution in [0.5, 0.6) is 0 Å². The summed E-state index contributed by atoms with van der Waals surface area (Å²) in [6, 6.07) is 8.44. The molecule has 0 spiro atoms. The Morgan fingerprint density at radius 2 is 1.73 bits per heavy atom. The minimum Gasteiger partial charge on any atom is -0.368 e. The van der Waals surface area contributed by atoms with Crippen molar-refractivity contribution in [1.29, 1.82) is 0 Å². The van der Waals surface area contributed by atoms with E-state index in [0.29, 0.717) is 39.0 Å². The van der Waals surface area contributed by atoms with Gasteiger partial charge in [0.25, 0.3) is 0 Å². The van der Waals surface area contributed by atoms with Crippen LogP contribution >= 0.6 is 0 Å². The maximum absolute atomic E-state index is 12.5. The Morgan fingerprint density at radius 1 is 1.08 bits per heavy atom. The molecule has 7 nitrogen and oxygen atoms in total. The summed E-state index contributed by atoms with van der Waals surface area (Å²) in [6.07, 6.45) is 2.57. The molecule has 2 fully saturated rings. The molecule has 0 aromatic heterocycles. The molecule has 0 saturated carbocycles. The molecule has 0 bridgehead atoms. The van der Waals surface area contributed by atoms with Gasteiger partial charge in [0, 0.05) is 51.0 Å². The average Bonchev–Trinajstić information content (AvgIpc) is 2.61.